The molecule has 2 aromatic rings. The molecule has 0 saturated heterocycles. The summed E-state index contributed by atoms with van der Waals surface area (Å²) in [6.45, 7) is 7.12. The average molecular weight is 777 g/mol. The Balaban J connectivity index is 0.689. The number of esters is 2. The zero-order valence-corrected chi connectivity index (χ0v) is 33.7. The van der Waals surface area contributed by atoms with Crippen LogP contribution < -0.4 is 20.9 Å². The van der Waals surface area contributed by atoms with E-state index in [-0.39, 0.29) is 54.8 Å². The maximum Gasteiger partial charge on any atom is 0.337 e. The van der Waals surface area contributed by atoms with Gasteiger partial charge >= 0.3 is 11.9 Å². The van der Waals surface area contributed by atoms with E-state index in [9.17, 15) is 9.59 Å². The SMILES string of the molecule is C[C@@]12CCCCC[C@@H](Cc3ccc(OC(=O)COCCOCCOCCOCCOCC(=O)Oc4ccc5c(c4)[C@@]4(C)CCCC[C@H]6CC6(C5)[C@@H]4N)cc31)[C@@H]2N. The molecule has 0 aliphatic heterocycles. The normalized spacial score (nSPS) is 30.4. The summed E-state index contributed by atoms with van der Waals surface area (Å²) in [5.41, 5.74) is 19.0. The molecule has 0 amide bonds. The molecule has 5 aliphatic carbocycles. The molecule has 2 aromatic carbocycles. The van der Waals surface area contributed by atoms with Gasteiger partial charge in [-0.25, -0.2) is 9.59 Å². The molecule has 7 atom stereocenters. The van der Waals surface area contributed by atoms with Crippen LogP contribution in [0.4, 0.5) is 0 Å². The summed E-state index contributed by atoms with van der Waals surface area (Å²) in [5, 5.41) is 0. The number of hydrogen-bond donors (Lipinski definition) is 2. The van der Waals surface area contributed by atoms with Crippen molar-refractivity contribution in [2.45, 2.75) is 114 Å². The van der Waals surface area contributed by atoms with Crippen molar-refractivity contribution in [2.75, 3.05) is 66.1 Å². The van der Waals surface area contributed by atoms with E-state index in [0.29, 0.717) is 57.1 Å². The summed E-state index contributed by atoms with van der Waals surface area (Å²) in [6.07, 6.45) is 14.0. The Morgan fingerprint density at radius 3 is 1.79 bits per heavy atom. The summed E-state index contributed by atoms with van der Waals surface area (Å²) in [6, 6.07) is 12.4. The second-order valence-electron chi connectivity index (χ2n) is 17.5. The van der Waals surface area contributed by atoms with Crippen LogP contribution in [0.1, 0.15) is 100 Å². The van der Waals surface area contributed by atoms with Gasteiger partial charge in [-0.05, 0) is 109 Å². The number of carbonyl (C=O) groups is 2. The summed E-state index contributed by atoms with van der Waals surface area (Å²) in [4.78, 5) is 25.0. The van der Waals surface area contributed by atoms with Gasteiger partial charge in [-0.2, -0.15) is 0 Å². The lowest BCUT2D eigenvalue weighted by molar-refractivity contribution is -0.140. The number of carbonyl (C=O) groups excluding carboxylic acids is 2. The largest absolute Gasteiger partial charge is 0.425 e. The van der Waals surface area contributed by atoms with Crippen molar-refractivity contribution in [3.8, 4) is 11.5 Å². The van der Waals surface area contributed by atoms with E-state index in [1.54, 1.807) is 0 Å². The maximum absolute atomic E-state index is 12.5. The van der Waals surface area contributed by atoms with Crippen molar-refractivity contribution < 1.29 is 42.7 Å². The molecule has 0 radical (unpaired) electrons. The molecule has 0 heterocycles. The minimum Gasteiger partial charge on any atom is -0.425 e. The smallest absolute Gasteiger partial charge is 0.337 e. The third-order valence-electron chi connectivity index (χ3n) is 13.9. The fourth-order valence-corrected chi connectivity index (χ4v) is 10.6. The second-order valence-corrected chi connectivity index (χ2v) is 17.5. The first-order valence-electron chi connectivity index (χ1n) is 21.2. The van der Waals surface area contributed by atoms with Crippen LogP contribution in [-0.2, 0) is 56.9 Å². The van der Waals surface area contributed by atoms with E-state index >= 15 is 0 Å². The van der Waals surface area contributed by atoms with Gasteiger partial charge in [0, 0.05) is 22.9 Å². The van der Waals surface area contributed by atoms with Gasteiger partial charge in [0.05, 0.1) is 52.9 Å². The molecule has 11 nitrogen and oxygen atoms in total. The number of hydrogen-bond acceptors (Lipinski definition) is 11. The van der Waals surface area contributed by atoms with E-state index < -0.39 is 11.9 Å². The first-order chi connectivity index (χ1) is 27.1. The number of fused-ring (bicyclic) bond motifs is 7. The average Bonchev–Trinajstić information content (AvgIpc) is 3.88. The van der Waals surface area contributed by atoms with Gasteiger partial charge in [-0.15, -0.1) is 0 Å². The molecule has 1 spiro atoms. The first-order valence-corrected chi connectivity index (χ1v) is 21.2. The number of ether oxygens (including phenoxy) is 7. The van der Waals surface area contributed by atoms with Crippen LogP contribution >= 0.6 is 0 Å². The molecule has 0 aromatic heterocycles. The monoisotopic (exact) mass is 776 g/mol. The molecule has 4 N–H and O–H groups in total. The Bertz CT molecular complexity index is 1670. The van der Waals surface area contributed by atoms with Crippen LogP contribution in [0.5, 0.6) is 11.5 Å². The van der Waals surface area contributed by atoms with Crippen LogP contribution in [0.25, 0.3) is 0 Å². The molecule has 56 heavy (non-hydrogen) atoms. The van der Waals surface area contributed by atoms with Gasteiger partial charge in [0.15, 0.2) is 0 Å². The topological polar surface area (TPSA) is 151 Å². The number of nitrogens with two attached hydrogens (primary N) is 2. The van der Waals surface area contributed by atoms with Crippen LogP contribution in [0.15, 0.2) is 36.4 Å². The lowest BCUT2D eigenvalue weighted by atomic mass is 9.59. The zero-order chi connectivity index (χ0) is 39.2. The molecule has 11 heteroatoms. The Hall–Kier alpha value is -2.90. The Labute approximate surface area is 332 Å². The van der Waals surface area contributed by atoms with Crippen LogP contribution in [0, 0.1) is 17.3 Å². The molecule has 5 aliphatic rings. The molecular formula is C45H64N2O9. The number of benzene rings is 2. The Morgan fingerprint density at radius 1 is 0.643 bits per heavy atom. The predicted molar refractivity (Wildman–Crippen MR) is 212 cm³/mol. The summed E-state index contributed by atoms with van der Waals surface area (Å²) in [5.74, 6) is 1.49. The van der Waals surface area contributed by atoms with Gasteiger partial charge in [-0.1, -0.05) is 58.1 Å². The quantitative estimate of drug-likeness (QED) is 0.109. The molecule has 7 rings (SSSR count). The van der Waals surface area contributed by atoms with Gasteiger partial charge in [0.1, 0.15) is 24.7 Å². The highest BCUT2D eigenvalue weighted by Crippen LogP contribution is 2.66. The van der Waals surface area contributed by atoms with Crippen molar-refractivity contribution in [1.82, 2.24) is 0 Å². The zero-order valence-electron chi connectivity index (χ0n) is 33.7. The van der Waals surface area contributed by atoms with Gasteiger partial charge < -0.3 is 44.6 Å². The van der Waals surface area contributed by atoms with Crippen LogP contribution in [-0.4, -0.2) is 90.1 Å². The fraction of sp³-hybridized carbons (Fsp3) is 0.689. The molecule has 308 valence electrons. The highest BCUT2D eigenvalue weighted by Gasteiger charge is 2.64. The van der Waals surface area contributed by atoms with E-state index in [1.807, 2.05) is 24.3 Å². The molecule has 1 unspecified atom stereocenters. The van der Waals surface area contributed by atoms with Crippen molar-refractivity contribution in [3.63, 3.8) is 0 Å². The Kier molecular flexibility index (Phi) is 13.5. The summed E-state index contributed by atoms with van der Waals surface area (Å²) in [7, 11) is 0. The van der Waals surface area contributed by atoms with Gasteiger partial charge in [0.25, 0.3) is 0 Å². The van der Waals surface area contributed by atoms with Gasteiger partial charge in [-0.3, -0.25) is 0 Å². The van der Waals surface area contributed by atoms with E-state index in [4.69, 9.17) is 44.6 Å². The van der Waals surface area contributed by atoms with Crippen molar-refractivity contribution in [1.29, 1.82) is 0 Å². The number of rotatable bonds is 18. The first kappa shape index (κ1) is 41.3. The summed E-state index contributed by atoms with van der Waals surface area (Å²) >= 11 is 0. The summed E-state index contributed by atoms with van der Waals surface area (Å²) < 4.78 is 38.9. The lowest BCUT2D eigenvalue weighted by Gasteiger charge is -2.48. The van der Waals surface area contributed by atoms with Gasteiger partial charge in [0.2, 0.25) is 0 Å². The second kappa shape index (κ2) is 18.4. The maximum atomic E-state index is 12.5. The van der Waals surface area contributed by atoms with Crippen LogP contribution in [0.2, 0.25) is 0 Å². The highest BCUT2D eigenvalue weighted by atomic mass is 16.6. The predicted octanol–water partition coefficient (Wildman–Crippen LogP) is 5.72. The van der Waals surface area contributed by atoms with E-state index in [2.05, 4.69) is 26.0 Å². The third kappa shape index (κ3) is 9.20. The lowest BCUT2D eigenvalue weighted by Crippen LogP contribution is -2.54. The van der Waals surface area contributed by atoms with Crippen molar-refractivity contribution in [3.05, 3.63) is 58.7 Å². The molecule has 3 fully saturated rings. The molecule has 4 bridgehead atoms. The van der Waals surface area contributed by atoms with Crippen LogP contribution in [0.3, 0.4) is 0 Å². The Morgan fingerprint density at radius 2 is 1.16 bits per heavy atom. The van der Waals surface area contributed by atoms with E-state index in [1.165, 1.54) is 73.6 Å². The minimum absolute atomic E-state index is 0.0961. The fourth-order valence-electron chi connectivity index (χ4n) is 10.6. The minimum atomic E-state index is -0.437. The van der Waals surface area contributed by atoms with Crippen molar-refractivity contribution in [2.24, 2.45) is 28.7 Å². The highest BCUT2D eigenvalue weighted by molar-refractivity contribution is 5.74. The molecule has 3 saturated carbocycles. The van der Waals surface area contributed by atoms with E-state index in [0.717, 1.165) is 31.6 Å². The molecular weight excluding hydrogens is 712 g/mol. The third-order valence-corrected chi connectivity index (χ3v) is 13.9. The van der Waals surface area contributed by atoms with Crippen molar-refractivity contribution >= 4 is 11.9 Å². The standard InChI is InChI=1S/C45H64N2O9/c1-43-14-6-3-4-8-32(41(43)46)24-31-10-12-35(25-37(31)43)55-39(48)29-53-22-20-51-18-16-50-17-19-52-21-23-54-30-40(49)56-36-13-11-33-27-45-28-34(45)9-5-7-15-44(2,42(45)47)38(33)26-36/h10-13,25-26,32,34,41-42H,3-9,14-24,27-30,46-47H2,1-2H3/t32-,34-,41-,42+,43+,44+,45?/m0/s1.